The molecule has 1 unspecified atom stereocenters. The van der Waals surface area contributed by atoms with Crippen molar-refractivity contribution in [2.24, 2.45) is 5.92 Å². The SMILES string of the molecule is O=C([O-])C1CCCCC1=O.[Na+]. The Balaban J connectivity index is 0.000001000. The molecule has 0 N–H and O–H groups in total. The van der Waals surface area contributed by atoms with Gasteiger partial charge in [-0.3, -0.25) is 4.79 Å². The van der Waals surface area contributed by atoms with Crippen molar-refractivity contribution in [3.63, 3.8) is 0 Å². The Morgan fingerprint density at radius 2 is 2.09 bits per heavy atom. The van der Waals surface area contributed by atoms with Crippen molar-refractivity contribution >= 4 is 11.8 Å². The second-order valence-electron chi connectivity index (χ2n) is 2.58. The zero-order chi connectivity index (χ0) is 7.56. The molecule has 1 aliphatic rings. The number of aliphatic carboxylic acids is 1. The van der Waals surface area contributed by atoms with Crippen molar-refractivity contribution in [1.82, 2.24) is 0 Å². The minimum Gasteiger partial charge on any atom is -0.549 e. The van der Waals surface area contributed by atoms with Crippen molar-refractivity contribution in [3.8, 4) is 0 Å². The maximum Gasteiger partial charge on any atom is 1.00 e. The fraction of sp³-hybridized carbons (Fsp3) is 0.714. The van der Waals surface area contributed by atoms with Crippen LogP contribution in [0.3, 0.4) is 0 Å². The molecule has 0 spiro atoms. The molecule has 1 rings (SSSR count). The van der Waals surface area contributed by atoms with Gasteiger partial charge in [-0.15, -0.1) is 0 Å². The van der Waals surface area contributed by atoms with E-state index in [4.69, 9.17) is 0 Å². The van der Waals surface area contributed by atoms with Gasteiger partial charge in [-0.25, -0.2) is 0 Å². The van der Waals surface area contributed by atoms with Gasteiger partial charge in [0.15, 0.2) is 0 Å². The van der Waals surface area contributed by atoms with Gasteiger partial charge in [0, 0.05) is 6.42 Å². The fourth-order valence-corrected chi connectivity index (χ4v) is 1.23. The number of carbonyl (C=O) groups is 2. The van der Waals surface area contributed by atoms with Crippen LogP contribution in [0.15, 0.2) is 0 Å². The van der Waals surface area contributed by atoms with Crippen LogP contribution in [0.1, 0.15) is 25.7 Å². The molecule has 1 fully saturated rings. The first-order valence-corrected chi connectivity index (χ1v) is 3.45. The Hall–Kier alpha value is 0.140. The molecular weight excluding hydrogens is 155 g/mol. The summed E-state index contributed by atoms with van der Waals surface area (Å²) in [7, 11) is 0. The molecule has 1 aliphatic carbocycles. The van der Waals surface area contributed by atoms with Crippen LogP contribution in [-0.4, -0.2) is 11.8 Å². The molecule has 1 atom stereocenters. The van der Waals surface area contributed by atoms with Crippen molar-refractivity contribution in [2.45, 2.75) is 25.7 Å². The van der Waals surface area contributed by atoms with Crippen molar-refractivity contribution in [1.29, 1.82) is 0 Å². The summed E-state index contributed by atoms with van der Waals surface area (Å²) in [6.07, 6.45) is 2.56. The molecule has 1 saturated carbocycles. The maximum absolute atomic E-state index is 10.8. The van der Waals surface area contributed by atoms with Crippen LogP contribution in [0.4, 0.5) is 0 Å². The van der Waals surface area contributed by atoms with E-state index in [0.29, 0.717) is 12.8 Å². The third-order valence-corrected chi connectivity index (χ3v) is 1.84. The molecule has 0 heterocycles. The number of Topliss-reactive ketones (excluding diaryl/α,β-unsaturated/α-hetero) is 1. The van der Waals surface area contributed by atoms with Crippen LogP contribution in [0, 0.1) is 5.92 Å². The molecule has 0 radical (unpaired) electrons. The molecule has 0 bridgehead atoms. The summed E-state index contributed by atoms with van der Waals surface area (Å²) in [6.45, 7) is 0. The zero-order valence-corrected chi connectivity index (χ0v) is 8.63. The molecule has 0 saturated heterocycles. The Morgan fingerprint density at radius 1 is 1.45 bits per heavy atom. The molecule has 0 amide bonds. The van der Waals surface area contributed by atoms with Crippen LogP contribution in [-0.2, 0) is 9.59 Å². The third kappa shape index (κ3) is 2.93. The van der Waals surface area contributed by atoms with E-state index < -0.39 is 11.9 Å². The summed E-state index contributed by atoms with van der Waals surface area (Å²) in [4.78, 5) is 21.0. The summed E-state index contributed by atoms with van der Waals surface area (Å²) >= 11 is 0. The first-order chi connectivity index (χ1) is 4.72. The largest absolute Gasteiger partial charge is 1.00 e. The molecule has 0 aliphatic heterocycles. The van der Waals surface area contributed by atoms with Gasteiger partial charge in [0.05, 0.1) is 11.9 Å². The standard InChI is InChI=1S/C7H10O3.Na/c8-6-4-2-1-3-5(6)7(9)10;/h5H,1-4H2,(H,9,10);/q;+1/p-1. The summed E-state index contributed by atoms with van der Waals surface area (Å²) in [5, 5.41) is 10.2. The van der Waals surface area contributed by atoms with Crippen molar-refractivity contribution < 1.29 is 44.3 Å². The van der Waals surface area contributed by atoms with E-state index in [2.05, 4.69) is 0 Å². The first kappa shape index (κ1) is 11.1. The van der Waals surface area contributed by atoms with E-state index in [1.165, 1.54) is 0 Å². The van der Waals surface area contributed by atoms with Gasteiger partial charge >= 0.3 is 29.6 Å². The van der Waals surface area contributed by atoms with Crippen LogP contribution in [0.5, 0.6) is 0 Å². The number of rotatable bonds is 1. The number of carboxylic acids is 1. The quantitative estimate of drug-likeness (QED) is 0.298. The Bertz CT molecular complexity index is 167. The van der Waals surface area contributed by atoms with Crippen LogP contribution in [0.25, 0.3) is 0 Å². The zero-order valence-electron chi connectivity index (χ0n) is 6.63. The van der Waals surface area contributed by atoms with Gasteiger partial charge in [0.1, 0.15) is 5.78 Å². The van der Waals surface area contributed by atoms with Gasteiger partial charge in [-0.2, -0.15) is 0 Å². The monoisotopic (exact) mass is 164 g/mol. The van der Waals surface area contributed by atoms with Gasteiger partial charge in [0.25, 0.3) is 0 Å². The second-order valence-corrected chi connectivity index (χ2v) is 2.58. The van der Waals surface area contributed by atoms with E-state index in [1.807, 2.05) is 0 Å². The third-order valence-electron chi connectivity index (χ3n) is 1.84. The van der Waals surface area contributed by atoms with E-state index in [9.17, 15) is 14.7 Å². The molecule has 0 aromatic carbocycles. The minimum atomic E-state index is -1.20. The van der Waals surface area contributed by atoms with Crippen LogP contribution < -0.4 is 34.7 Å². The normalized spacial score (nSPS) is 24.0. The van der Waals surface area contributed by atoms with E-state index in [-0.39, 0.29) is 35.3 Å². The number of hydrogen-bond acceptors (Lipinski definition) is 3. The van der Waals surface area contributed by atoms with E-state index in [0.717, 1.165) is 12.8 Å². The molecule has 11 heavy (non-hydrogen) atoms. The summed E-state index contributed by atoms with van der Waals surface area (Å²) < 4.78 is 0. The first-order valence-electron chi connectivity index (χ1n) is 3.45. The number of hydrogen-bond donors (Lipinski definition) is 0. The van der Waals surface area contributed by atoms with E-state index >= 15 is 0 Å². The summed E-state index contributed by atoms with van der Waals surface area (Å²) in [5.41, 5.74) is 0. The van der Waals surface area contributed by atoms with Gasteiger partial charge in [0.2, 0.25) is 0 Å². The van der Waals surface area contributed by atoms with Crippen LogP contribution in [0.2, 0.25) is 0 Å². The number of ketones is 1. The maximum atomic E-state index is 10.8. The average Bonchev–Trinajstić information content (AvgIpc) is 1.88. The summed E-state index contributed by atoms with van der Waals surface area (Å²) in [5.74, 6) is -2.18. The summed E-state index contributed by atoms with van der Waals surface area (Å²) in [6, 6.07) is 0. The van der Waals surface area contributed by atoms with Gasteiger partial charge < -0.3 is 9.90 Å². The Labute approximate surface area is 87.5 Å². The minimum absolute atomic E-state index is 0. The average molecular weight is 164 g/mol. The fourth-order valence-electron chi connectivity index (χ4n) is 1.23. The van der Waals surface area contributed by atoms with Crippen molar-refractivity contribution in [3.05, 3.63) is 0 Å². The van der Waals surface area contributed by atoms with Crippen molar-refractivity contribution in [2.75, 3.05) is 0 Å². The molecule has 0 aromatic heterocycles. The van der Waals surface area contributed by atoms with Gasteiger partial charge in [-0.1, -0.05) is 6.42 Å². The van der Waals surface area contributed by atoms with Crippen LogP contribution >= 0.6 is 0 Å². The smallest absolute Gasteiger partial charge is 0.549 e. The Morgan fingerprint density at radius 3 is 2.45 bits per heavy atom. The van der Waals surface area contributed by atoms with E-state index in [1.54, 1.807) is 0 Å². The topological polar surface area (TPSA) is 57.2 Å². The molecule has 0 aromatic rings. The number of carboxylic acid groups (broad SMARTS) is 1. The predicted molar refractivity (Wildman–Crippen MR) is 32.0 cm³/mol. The van der Waals surface area contributed by atoms with Gasteiger partial charge in [-0.05, 0) is 12.8 Å². The predicted octanol–water partition coefficient (Wildman–Crippen LogP) is -3.50. The Kier molecular flexibility index (Phi) is 4.97. The molecule has 4 heteroatoms. The second kappa shape index (κ2) is 4.91. The number of carbonyl (C=O) groups excluding carboxylic acids is 2. The molecular formula is C7H9NaO3. The molecule has 3 nitrogen and oxygen atoms in total. The molecule has 56 valence electrons.